The Kier molecular flexibility index (Phi) is 3.64. The fourth-order valence-electron chi connectivity index (χ4n) is 2.01. The molecule has 0 radical (unpaired) electrons. The van der Waals surface area contributed by atoms with Crippen LogP contribution < -0.4 is 4.90 Å². The smallest absolute Gasteiger partial charge is 0.156 e. The fourth-order valence-corrected chi connectivity index (χ4v) is 3.92. The summed E-state index contributed by atoms with van der Waals surface area (Å²) in [5.74, 6) is 0.181. The van der Waals surface area contributed by atoms with Gasteiger partial charge in [0.1, 0.15) is 0 Å². The quantitative estimate of drug-likeness (QED) is 0.790. The molecule has 1 heterocycles. The molecule has 0 N–H and O–H groups in total. The van der Waals surface area contributed by atoms with E-state index in [1.165, 1.54) is 0 Å². The first-order chi connectivity index (χ1) is 8.44. The topological polar surface area (TPSA) is 61.2 Å². The zero-order chi connectivity index (χ0) is 13.3. The van der Waals surface area contributed by atoms with Crippen molar-refractivity contribution >= 4 is 31.5 Å². The van der Waals surface area contributed by atoms with Crippen LogP contribution in [-0.4, -0.2) is 32.5 Å². The predicted octanol–water partition coefficient (Wildman–Crippen LogP) is 1.94. The number of halogens is 1. The number of sulfone groups is 1. The van der Waals surface area contributed by atoms with E-state index in [1.54, 1.807) is 19.1 Å². The zero-order valence-electron chi connectivity index (χ0n) is 9.93. The Morgan fingerprint density at radius 1 is 1.50 bits per heavy atom. The maximum Gasteiger partial charge on any atom is 0.156 e. The van der Waals surface area contributed by atoms with Crippen molar-refractivity contribution in [2.45, 2.75) is 12.2 Å². The summed E-state index contributed by atoms with van der Waals surface area (Å²) >= 11 is 3.43. The standard InChI is InChI=1S/C12H13BrN2O2S/c1-9-8-15(4-5-18(9,16)17)12-3-2-10(7-14)6-11(12)13/h2-3,6,9H,4-5,8H2,1H3. The van der Waals surface area contributed by atoms with Crippen LogP contribution >= 0.6 is 15.9 Å². The highest BCUT2D eigenvalue weighted by Gasteiger charge is 2.30. The van der Waals surface area contributed by atoms with Crippen LogP contribution in [0.3, 0.4) is 0 Å². The lowest BCUT2D eigenvalue weighted by atomic mass is 10.2. The number of nitriles is 1. The number of hydrogen-bond donors (Lipinski definition) is 0. The number of benzene rings is 1. The van der Waals surface area contributed by atoms with Crippen molar-refractivity contribution in [1.82, 2.24) is 0 Å². The van der Waals surface area contributed by atoms with E-state index < -0.39 is 9.84 Å². The van der Waals surface area contributed by atoms with Gasteiger partial charge < -0.3 is 4.90 Å². The Balaban J connectivity index is 2.27. The third-order valence-electron chi connectivity index (χ3n) is 3.15. The van der Waals surface area contributed by atoms with Crippen molar-refractivity contribution < 1.29 is 8.42 Å². The minimum atomic E-state index is -2.94. The Morgan fingerprint density at radius 3 is 2.78 bits per heavy atom. The van der Waals surface area contributed by atoms with E-state index in [2.05, 4.69) is 22.0 Å². The molecule has 0 amide bonds. The summed E-state index contributed by atoms with van der Waals surface area (Å²) in [6.45, 7) is 2.73. The van der Waals surface area contributed by atoms with Crippen LogP contribution in [0.2, 0.25) is 0 Å². The van der Waals surface area contributed by atoms with Crippen LogP contribution in [0.15, 0.2) is 22.7 Å². The van der Waals surface area contributed by atoms with E-state index in [4.69, 9.17) is 5.26 Å². The van der Waals surface area contributed by atoms with Crippen LogP contribution in [0.25, 0.3) is 0 Å². The molecule has 96 valence electrons. The van der Waals surface area contributed by atoms with Crippen molar-refractivity contribution in [3.63, 3.8) is 0 Å². The van der Waals surface area contributed by atoms with E-state index in [9.17, 15) is 8.42 Å². The Bertz CT molecular complexity index is 607. The monoisotopic (exact) mass is 328 g/mol. The van der Waals surface area contributed by atoms with Gasteiger partial charge in [-0.25, -0.2) is 8.42 Å². The molecule has 1 aromatic rings. The molecule has 18 heavy (non-hydrogen) atoms. The number of rotatable bonds is 1. The van der Waals surface area contributed by atoms with Gasteiger partial charge in [0.2, 0.25) is 0 Å². The van der Waals surface area contributed by atoms with Crippen LogP contribution in [0, 0.1) is 11.3 Å². The zero-order valence-corrected chi connectivity index (χ0v) is 12.3. The molecule has 2 rings (SSSR count). The molecule has 1 aliphatic heterocycles. The van der Waals surface area contributed by atoms with Gasteiger partial charge in [-0.15, -0.1) is 0 Å². The highest BCUT2D eigenvalue weighted by molar-refractivity contribution is 9.10. The van der Waals surface area contributed by atoms with Gasteiger partial charge in [-0.1, -0.05) is 0 Å². The molecule has 6 heteroatoms. The Labute approximate surface area is 115 Å². The second-order valence-electron chi connectivity index (χ2n) is 4.40. The molecule has 4 nitrogen and oxygen atoms in total. The van der Waals surface area contributed by atoms with Gasteiger partial charge in [-0.05, 0) is 41.1 Å². The lowest BCUT2D eigenvalue weighted by Gasteiger charge is -2.33. The van der Waals surface area contributed by atoms with Gasteiger partial charge in [-0.3, -0.25) is 0 Å². The Hall–Kier alpha value is -1.06. The summed E-state index contributed by atoms with van der Waals surface area (Å²) < 4.78 is 24.2. The number of hydrogen-bond acceptors (Lipinski definition) is 4. The summed E-state index contributed by atoms with van der Waals surface area (Å²) in [4.78, 5) is 2.04. The molecule has 0 bridgehead atoms. The van der Waals surface area contributed by atoms with Crippen molar-refractivity contribution in [3.05, 3.63) is 28.2 Å². The lowest BCUT2D eigenvalue weighted by molar-refractivity contribution is 0.569. The summed E-state index contributed by atoms with van der Waals surface area (Å²) in [5.41, 5.74) is 1.53. The average molecular weight is 329 g/mol. The van der Waals surface area contributed by atoms with Crippen LogP contribution in [0.5, 0.6) is 0 Å². The van der Waals surface area contributed by atoms with E-state index in [-0.39, 0.29) is 11.0 Å². The third-order valence-corrected chi connectivity index (χ3v) is 5.92. The molecule has 1 aromatic carbocycles. The van der Waals surface area contributed by atoms with Crippen molar-refractivity contribution in [2.24, 2.45) is 0 Å². The van der Waals surface area contributed by atoms with Crippen LogP contribution in [0.4, 0.5) is 5.69 Å². The van der Waals surface area contributed by atoms with E-state index >= 15 is 0 Å². The number of anilines is 1. The van der Waals surface area contributed by atoms with E-state index in [0.717, 1.165) is 10.2 Å². The van der Waals surface area contributed by atoms with Gasteiger partial charge in [-0.2, -0.15) is 5.26 Å². The highest BCUT2D eigenvalue weighted by atomic mass is 79.9. The molecule has 1 aliphatic rings. The second-order valence-corrected chi connectivity index (χ2v) is 7.79. The maximum atomic E-state index is 11.7. The van der Waals surface area contributed by atoms with Gasteiger partial charge >= 0.3 is 0 Å². The van der Waals surface area contributed by atoms with Crippen molar-refractivity contribution in [2.75, 3.05) is 23.7 Å². The molecule has 1 fully saturated rings. The molecule has 0 spiro atoms. The van der Waals surface area contributed by atoms with E-state index in [0.29, 0.717) is 18.7 Å². The highest BCUT2D eigenvalue weighted by Crippen LogP contribution is 2.29. The SMILES string of the molecule is CC1CN(c2ccc(C#N)cc2Br)CCS1(=O)=O. The largest absolute Gasteiger partial charge is 0.368 e. The summed E-state index contributed by atoms with van der Waals surface area (Å²) in [5, 5.41) is 8.46. The molecule has 1 unspecified atom stereocenters. The van der Waals surface area contributed by atoms with Crippen LogP contribution in [-0.2, 0) is 9.84 Å². The van der Waals surface area contributed by atoms with Crippen molar-refractivity contribution in [1.29, 1.82) is 5.26 Å². The molecule has 0 aliphatic carbocycles. The third kappa shape index (κ3) is 2.52. The lowest BCUT2D eigenvalue weighted by Crippen LogP contribution is -2.45. The maximum absolute atomic E-state index is 11.7. The first-order valence-corrected chi connectivity index (χ1v) is 8.11. The molecule has 1 saturated heterocycles. The van der Waals surface area contributed by atoms with Gasteiger partial charge in [0.25, 0.3) is 0 Å². The molecule has 0 saturated carbocycles. The molecular weight excluding hydrogens is 316 g/mol. The minimum absolute atomic E-state index is 0.181. The molecule has 1 atom stereocenters. The van der Waals surface area contributed by atoms with E-state index in [1.807, 2.05) is 11.0 Å². The van der Waals surface area contributed by atoms with Gasteiger partial charge in [0, 0.05) is 17.6 Å². The number of nitrogens with zero attached hydrogens (tertiary/aromatic N) is 2. The second kappa shape index (κ2) is 4.90. The average Bonchev–Trinajstić information content (AvgIpc) is 2.33. The predicted molar refractivity (Wildman–Crippen MR) is 74.3 cm³/mol. The summed E-state index contributed by atoms with van der Waals surface area (Å²) in [6, 6.07) is 7.43. The summed E-state index contributed by atoms with van der Waals surface area (Å²) in [6.07, 6.45) is 0. The van der Waals surface area contributed by atoms with Crippen LogP contribution in [0.1, 0.15) is 12.5 Å². The summed E-state index contributed by atoms with van der Waals surface area (Å²) in [7, 11) is -2.94. The normalized spacial score (nSPS) is 22.5. The first-order valence-electron chi connectivity index (χ1n) is 5.60. The first kappa shape index (κ1) is 13.4. The minimum Gasteiger partial charge on any atom is -0.368 e. The molecular formula is C12H13BrN2O2S. The van der Waals surface area contributed by atoms with Gasteiger partial charge in [0.05, 0.1) is 28.3 Å². The van der Waals surface area contributed by atoms with Gasteiger partial charge in [0.15, 0.2) is 9.84 Å². The van der Waals surface area contributed by atoms with Crippen molar-refractivity contribution in [3.8, 4) is 6.07 Å². The Morgan fingerprint density at radius 2 is 2.22 bits per heavy atom. The molecule has 0 aromatic heterocycles. The fraction of sp³-hybridized carbons (Fsp3) is 0.417.